The number of aromatic nitrogens is 4. The molecule has 1 aromatic carbocycles. The quantitative estimate of drug-likeness (QED) is 0.472. The Hall–Kier alpha value is -2.91. The number of carboxylic acids is 1. The number of nitrogens with zero attached hydrogens (tertiary/aromatic N) is 4. The minimum absolute atomic E-state index is 0.0169. The molecule has 2 heterocycles. The zero-order chi connectivity index (χ0) is 20.4. The third kappa shape index (κ3) is 4.00. The van der Waals surface area contributed by atoms with Gasteiger partial charge in [0, 0.05) is 17.8 Å². The molecule has 0 fully saturated rings. The van der Waals surface area contributed by atoms with Gasteiger partial charge in [-0.05, 0) is 39.0 Å². The van der Waals surface area contributed by atoms with Gasteiger partial charge in [0.1, 0.15) is 0 Å². The molecule has 3 rings (SSSR count). The Bertz CT molecular complexity index is 1020. The molecule has 0 aliphatic rings. The molecule has 0 bridgehead atoms. The maximum absolute atomic E-state index is 11.1. The number of aliphatic hydroxyl groups excluding tert-OH is 1. The van der Waals surface area contributed by atoms with Crippen LogP contribution in [0.25, 0.3) is 11.2 Å². The number of nitrogens with one attached hydrogen (secondary N) is 2. The number of imidazole rings is 1. The van der Waals surface area contributed by atoms with Crippen molar-refractivity contribution in [3.63, 3.8) is 0 Å². The fourth-order valence-corrected chi connectivity index (χ4v) is 2.88. The van der Waals surface area contributed by atoms with Gasteiger partial charge in [-0.1, -0.05) is 11.6 Å². The summed E-state index contributed by atoms with van der Waals surface area (Å²) in [5.74, 6) is -0.315. The van der Waals surface area contributed by atoms with E-state index in [0.717, 1.165) is 0 Å². The molecule has 9 nitrogen and oxygen atoms in total. The van der Waals surface area contributed by atoms with Crippen molar-refractivity contribution in [1.29, 1.82) is 0 Å². The number of halogens is 1. The van der Waals surface area contributed by atoms with Crippen molar-refractivity contribution in [2.24, 2.45) is 0 Å². The summed E-state index contributed by atoms with van der Waals surface area (Å²) in [6.45, 7) is 5.78. The fourth-order valence-electron chi connectivity index (χ4n) is 2.62. The highest BCUT2D eigenvalue weighted by molar-refractivity contribution is 6.33. The normalized spacial score (nSPS) is 12.4. The number of anilines is 3. The van der Waals surface area contributed by atoms with E-state index >= 15 is 0 Å². The molecule has 0 aliphatic carbocycles. The maximum atomic E-state index is 11.1. The van der Waals surface area contributed by atoms with Crippen LogP contribution in [0.3, 0.4) is 0 Å². The lowest BCUT2D eigenvalue weighted by atomic mass is 10.2. The molecule has 0 radical (unpaired) electrons. The van der Waals surface area contributed by atoms with Crippen LogP contribution < -0.4 is 10.6 Å². The summed E-state index contributed by atoms with van der Waals surface area (Å²) in [7, 11) is 0. The van der Waals surface area contributed by atoms with Crippen LogP contribution in [0.15, 0.2) is 24.5 Å². The molecule has 28 heavy (non-hydrogen) atoms. The highest BCUT2D eigenvalue weighted by atomic mass is 35.5. The molecule has 0 amide bonds. The van der Waals surface area contributed by atoms with Gasteiger partial charge in [-0.25, -0.2) is 9.78 Å². The van der Waals surface area contributed by atoms with Crippen molar-refractivity contribution in [3.8, 4) is 0 Å². The van der Waals surface area contributed by atoms with E-state index in [-0.39, 0.29) is 29.3 Å². The molecule has 4 N–H and O–H groups in total. The van der Waals surface area contributed by atoms with Crippen molar-refractivity contribution in [2.45, 2.75) is 32.9 Å². The molecule has 0 spiro atoms. The van der Waals surface area contributed by atoms with Gasteiger partial charge in [0.25, 0.3) is 0 Å². The molecular formula is C18H21ClN6O3. The first-order valence-electron chi connectivity index (χ1n) is 8.72. The maximum Gasteiger partial charge on any atom is 0.337 e. The Morgan fingerprint density at radius 1 is 1.29 bits per heavy atom. The summed E-state index contributed by atoms with van der Waals surface area (Å²) in [6, 6.07) is 4.45. The van der Waals surface area contributed by atoms with Crippen LogP contribution in [0.2, 0.25) is 5.02 Å². The van der Waals surface area contributed by atoms with Crippen molar-refractivity contribution in [2.75, 3.05) is 17.2 Å². The number of hydrogen-bond donors (Lipinski definition) is 4. The SMILES string of the molecule is CC(C)n1cnc2c(Nc3ccc(C(=O)O)c(Cl)c3)nc(N[C@H](C)CO)nc21. The highest BCUT2D eigenvalue weighted by Crippen LogP contribution is 2.28. The first-order valence-corrected chi connectivity index (χ1v) is 9.09. The zero-order valence-corrected chi connectivity index (χ0v) is 16.4. The van der Waals surface area contributed by atoms with Gasteiger partial charge < -0.3 is 25.4 Å². The molecule has 1 atom stereocenters. The lowest BCUT2D eigenvalue weighted by molar-refractivity contribution is 0.0697. The van der Waals surface area contributed by atoms with Crippen molar-refractivity contribution in [3.05, 3.63) is 35.1 Å². The summed E-state index contributed by atoms with van der Waals surface area (Å²) in [4.78, 5) is 24.5. The van der Waals surface area contributed by atoms with Crippen LogP contribution >= 0.6 is 11.6 Å². The average Bonchev–Trinajstić information content (AvgIpc) is 3.05. The fraction of sp³-hybridized carbons (Fsp3) is 0.333. The number of fused-ring (bicyclic) bond motifs is 1. The number of hydrogen-bond acceptors (Lipinski definition) is 7. The number of carbonyl (C=O) groups is 1. The standard InChI is InChI=1S/C18H21ClN6O3/c1-9(2)25-8-20-14-15(23-18(24-16(14)25)21-10(3)7-26)22-11-4-5-12(17(27)28)13(19)6-11/h4-6,8-10,26H,7H2,1-3H3,(H,27,28)(H2,21,22,23,24)/t10-/m1/s1. The lowest BCUT2D eigenvalue weighted by Crippen LogP contribution is -2.21. The molecule has 10 heteroatoms. The minimum atomic E-state index is -1.10. The molecule has 148 valence electrons. The van der Waals surface area contributed by atoms with Gasteiger partial charge in [0.2, 0.25) is 5.95 Å². The summed E-state index contributed by atoms with van der Waals surface area (Å²) < 4.78 is 1.91. The summed E-state index contributed by atoms with van der Waals surface area (Å²) in [5, 5.41) is 24.7. The number of carboxylic acid groups (broad SMARTS) is 1. The Labute approximate surface area is 166 Å². The van der Waals surface area contributed by atoms with E-state index in [9.17, 15) is 9.90 Å². The van der Waals surface area contributed by atoms with E-state index in [4.69, 9.17) is 16.7 Å². The van der Waals surface area contributed by atoms with Crippen LogP contribution in [0.5, 0.6) is 0 Å². The number of aliphatic hydroxyl groups is 1. The second-order valence-electron chi connectivity index (χ2n) is 6.67. The molecule has 3 aromatic rings. The van der Waals surface area contributed by atoms with Gasteiger partial charge in [-0.3, -0.25) is 0 Å². The number of rotatable bonds is 7. The molecule has 0 unspecified atom stereocenters. The second kappa shape index (κ2) is 7.99. The Kier molecular flexibility index (Phi) is 5.66. The molecular weight excluding hydrogens is 384 g/mol. The van der Waals surface area contributed by atoms with E-state index in [1.807, 2.05) is 25.3 Å². The third-order valence-electron chi connectivity index (χ3n) is 4.09. The van der Waals surface area contributed by atoms with Crippen molar-refractivity contribution >= 4 is 46.2 Å². The van der Waals surface area contributed by atoms with E-state index in [0.29, 0.717) is 28.6 Å². The summed E-state index contributed by atoms with van der Waals surface area (Å²) >= 11 is 6.06. The van der Waals surface area contributed by atoms with E-state index < -0.39 is 5.97 Å². The third-order valence-corrected chi connectivity index (χ3v) is 4.40. The summed E-state index contributed by atoms with van der Waals surface area (Å²) in [5.41, 5.74) is 1.78. The lowest BCUT2D eigenvalue weighted by Gasteiger charge is -2.14. The average molecular weight is 405 g/mol. The molecule has 0 aliphatic heterocycles. The number of benzene rings is 1. The molecule has 0 saturated carbocycles. The van der Waals surface area contributed by atoms with Gasteiger partial charge >= 0.3 is 5.97 Å². The van der Waals surface area contributed by atoms with Gasteiger partial charge in [-0.15, -0.1) is 0 Å². The van der Waals surface area contributed by atoms with E-state index in [2.05, 4.69) is 25.6 Å². The number of aromatic carboxylic acids is 1. The first kappa shape index (κ1) is 19.8. The smallest absolute Gasteiger partial charge is 0.337 e. The van der Waals surface area contributed by atoms with Crippen molar-refractivity contribution in [1.82, 2.24) is 19.5 Å². The van der Waals surface area contributed by atoms with Crippen LogP contribution in [-0.2, 0) is 0 Å². The van der Waals surface area contributed by atoms with Crippen LogP contribution in [-0.4, -0.2) is 48.4 Å². The second-order valence-corrected chi connectivity index (χ2v) is 7.07. The van der Waals surface area contributed by atoms with E-state index in [1.54, 1.807) is 12.4 Å². The minimum Gasteiger partial charge on any atom is -0.478 e. The van der Waals surface area contributed by atoms with Gasteiger partial charge in [-0.2, -0.15) is 9.97 Å². The van der Waals surface area contributed by atoms with Crippen LogP contribution in [0.4, 0.5) is 17.5 Å². The summed E-state index contributed by atoms with van der Waals surface area (Å²) in [6.07, 6.45) is 1.69. The predicted octanol–water partition coefficient (Wildman–Crippen LogP) is 3.30. The molecule has 0 saturated heterocycles. The monoisotopic (exact) mass is 404 g/mol. The zero-order valence-electron chi connectivity index (χ0n) is 15.6. The van der Waals surface area contributed by atoms with Crippen molar-refractivity contribution < 1.29 is 15.0 Å². The van der Waals surface area contributed by atoms with E-state index in [1.165, 1.54) is 12.1 Å². The largest absolute Gasteiger partial charge is 0.478 e. The Morgan fingerprint density at radius 2 is 2.04 bits per heavy atom. The first-order chi connectivity index (χ1) is 13.3. The topological polar surface area (TPSA) is 125 Å². The van der Waals surface area contributed by atoms with Crippen LogP contribution in [0, 0.1) is 0 Å². The van der Waals surface area contributed by atoms with Crippen LogP contribution in [0.1, 0.15) is 37.2 Å². The predicted molar refractivity (Wildman–Crippen MR) is 108 cm³/mol. The molecule has 2 aromatic heterocycles. The highest BCUT2D eigenvalue weighted by Gasteiger charge is 2.17. The Morgan fingerprint density at radius 3 is 2.64 bits per heavy atom. The van der Waals surface area contributed by atoms with Gasteiger partial charge in [0.05, 0.1) is 23.5 Å². The Balaban J connectivity index is 2.06. The van der Waals surface area contributed by atoms with Gasteiger partial charge in [0.15, 0.2) is 17.0 Å².